The Balaban J connectivity index is 0.00000288. The molecule has 0 bridgehead atoms. The molecule has 1 aromatic heterocycles. The van der Waals surface area contributed by atoms with Gasteiger partial charge in [-0.05, 0) is 81.8 Å². The summed E-state index contributed by atoms with van der Waals surface area (Å²) in [5, 5.41) is 4.61. The predicted molar refractivity (Wildman–Crippen MR) is 94.8 cm³/mol. The summed E-state index contributed by atoms with van der Waals surface area (Å²) in [7, 11) is 3.35. The first-order chi connectivity index (χ1) is 10.8. The predicted octanol–water partition coefficient (Wildman–Crippen LogP) is 4.69. The number of benzene rings is 1. The second-order valence-corrected chi connectivity index (χ2v) is 6.43. The maximum Gasteiger partial charge on any atom is 0.244 e. The first-order valence-corrected chi connectivity index (χ1v) is 8.03. The van der Waals surface area contributed by atoms with Crippen molar-refractivity contribution < 1.29 is 30.5 Å². The van der Waals surface area contributed by atoms with Crippen molar-refractivity contribution in [1.29, 1.82) is 0 Å². The Kier molecular flexibility index (Phi) is 6.69. The van der Waals surface area contributed by atoms with Gasteiger partial charge in [0.2, 0.25) is 11.8 Å². The van der Waals surface area contributed by atoms with Gasteiger partial charge in [0.15, 0.2) is 0 Å². The monoisotopic (exact) mass is 511 g/mol. The third-order valence-electron chi connectivity index (χ3n) is 4.96. The SMILES string of the molecule is COc1nn(C(C)C)c(OC)c1-c1c(C)c(C)c(C)c(C)c1C.[Pt]. The molecule has 0 N–H and O–H groups in total. The first kappa shape index (κ1) is 20.8. The van der Waals surface area contributed by atoms with Crippen LogP contribution in [0.4, 0.5) is 0 Å². The molecule has 1 heterocycles. The van der Waals surface area contributed by atoms with E-state index < -0.39 is 0 Å². The second-order valence-electron chi connectivity index (χ2n) is 6.43. The second kappa shape index (κ2) is 7.73. The Morgan fingerprint density at radius 2 is 1.21 bits per heavy atom. The topological polar surface area (TPSA) is 36.3 Å². The Bertz CT molecular complexity index is 720. The van der Waals surface area contributed by atoms with Crippen molar-refractivity contribution in [1.82, 2.24) is 9.78 Å². The normalized spacial score (nSPS) is 10.8. The summed E-state index contributed by atoms with van der Waals surface area (Å²) in [5.74, 6) is 1.37. The van der Waals surface area contributed by atoms with Gasteiger partial charge in [-0.3, -0.25) is 0 Å². The molecule has 136 valence electrons. The van der Waals surface area contributed by atoms with Crippen LogP contribution < -0.4 is 9.47 Å². The van der Waals surface area contributed by atoms with Crippen LogP contribution in [0.15, 0.2) is 0 Å². The number of methoxy groups -OCH3 is 2. The minimum atomic E-state index is 0. The molecule has 0 saturated carbocycles. The van der Waals surface area contributed by atoms with Gasteiger partial charge in [0.25, 0.3) is 0 Å². The van der Waals surface area contributed by atoms with E-state index in [2.05, 4.69) is 53.6 Å². The summed E-state index contributed by atoms with van der Waals surface area (Å²) < 4.78 is 13.2. The first-order valence-electron chi connectivity index (χ1n) is 8.03. The van der Waals surface area contributed by atoms with Crippen molar-refractivity contribution in [2.45, 2.75) is 54.5 Å². The number of rotatable bonds is 4. The van der Waals surface area contributed by atoms with E-state index in [1.807, 2.05) is 4.68 Å². The standard InChI is InChI=1S/C19H28N2O2.Pt/c1-10(2)21-19(23-9)17(18(20-21)22-8)16-14(6)12(4)11(3)13(5)15(16)7;/h10H,1-9H3;. The van der Waals surface area contributed by atoms with Crippen LogP contribution in [0.2, 0.25) is 0 Å². The molecule has 2 aromatic rings. The van der Waals surface area contributed by atoms with E-state index in [4.69, 9.17) is 9.47 Å². The molecule has 0 fully saturated rings. The molecule has 0 aliphatic heterocycles. The van der Waals surface area contributed by atoms with Crippen molar-refractivity contribution in [3.05, 3.63) is 27.8 Å². The Labute approximate surface area is 159 Å². The van der Waals surface area contributed by atoms with Crippen molar-refractivity contribution in [3.63, 3.8) is 0 Å². The number of aromatic nitrogens is 2. The molecular weight excluding hydrogens is 483 g/mol. The zero-order chi connectivity index (χ0) is 17.5. The van der Waals surface area contributed by atoms with E-state index in [0.717, 1.165) is 11.4 Å². The van der Waals surface area contributed by atoms with E-state index in [1.165, 1.54) is 33.4 Å². The zero-order valence-corrected chi connectivity index (χ0v) is 18.4. The largest absolute Gasteiger partial charge is 0.481 e. The summed E-state index contributed by atoms with van der Waals surface area (Å²) in [6.07, 6.45) is 0. The van der Waals surface area contributed by atoms with Crippen LogP contribution in [0.3, 0.4) is 0 Å². The fourth-order valence-electron chi connectivity index (χ4n) is 3.18. The van der Waals surface area contributed by atoms with Crippen LogP contribution in [-0.2, 0) is 21.1 Å². The van der Waals surface area contributed by atoms with Crippen molar-refractivity contribution in [3.8, 4) is 22.9 Å². The molecule has 24 heavy (non-hydrogen) atoms. The third-order valence-corrected chi connectivity index (χ3v) is 4.96. The molecular formula is C19H28N2O2Pt. The van der Waals surface area contributed by atoms with Gasteiger partial charge in [-0.1, -0.05) is 0 Å². The van der Waals surface area contributed by atoms with Crippen LogP contribution in [0.1, 0.15) is 47.7 Å². The molecule has 1 aromatic carbocycles. The minimum Gasteiger partial charge on any atom is -0.481 e. The zero-order valence-electron chi connectivity index (χ0n) is 16.1. The average Bonchev–Trinajstić information content (AvgIpc) is 2.90. The van der Waals surface area contributed by atoms with E-state index in [9.17, 15) is 0 Å². The number of hydrogen-bond donors (Lipinski definition) is 0. The van der Waals surface area contributed by atoms with Gasteiger partial charge < -0.3 is 9.47 Å². The summed E-state index contributed by atoms with van der Waals surface area (Å²) in [4.78, 5) is 0. The van der Waals surface area contributed by atoms with Crippen molar-refractivity contribution >= 4 is 0 Å². The van der Waals surface area contributed by atoms with Gasteiger partial charge >= 0.3 is 0 Å². The molecule has 0 amide bonds. The Morgan fingerprint density at radius 3 is 1.58 bits per heavy atom. The van der Waals surface area contributed by atoms with Gasteiger partial charge in [-0.15, -0.1) is 5.10 Å². The summed E-state index contributed by atoms with van der Waals surface area (Å²) >= 11 is 0. The third kappa shape index (κ3) is 3.13. The smallest absolute Gasteiger partial charge is 0.244 e. The van der Waals surface area contributed by atoms with E-state index in [-0.39, 0.29) is 27.1 Å². The maximum absolute atomic E-state index is 5.72. The minimum absolute atomic E-state index is 0. The van der Waals surface area contributed by atoms with Gasteiger partial charge in [0, 0.05) is 21.1 Å². The Hall–Kier alpha value is -1.28. The number of ether oxygens (including phenoxy) is 2. The summed E-state index contributed by atoms with van der Waals surface area (Å²) in [6, 6.07) is 0.195. The molecule has 5 heteroatoms. The summed E-state index contributed by atoms with van der Waals surface area (Å²) in [5.41, 5.74) is 8.60. The van der Waals surface area contributed by atoms with Gasteiger partial charge in [-0.2, -0.15) is 0 Å². The van der Waals surface area contributed by atoms with Crippen LogP contribution in [0.5, 0.6) is 11.8 Å². The fraction of sp³-hybridized carbons (Fsp3) is 0.526. The molecule has 0 radical (unpaired) electrons. The quantitative estimate of drug-likeness (QED) is 0.598. The van der Waals surface area contributed by atoms with Crippen LogP contribution in [-0.4, -0.2) is 24.0 Å². The van der Waals surface area contributed by atoms with Crippen molar-refractivity contribution in [2.75, 3.05) is 14.2 Å². The number of hydrogen-bond acceptors (Lipinski definition) is 3. The van der Waals surface area contributed by atoms with E-state index in [1.54, 1.807) is 14.2 Å². The molecule has 0 atom stereocenters. The van der Waals surface area contributed by atoms with Crippen LogP contribution in [0, 0.1) is 34.6 Å². The Morgan fingerprint density at radius 1 is 0.750 bits per heavy atom. The van der Waals surface area contributed by atoms with Gasteiger partial charge in [0.05, 0.1) is 20.3 Å². The average molecular weight is 512 g/mol. The molecule has 0 spiro atoms. The molecule has 4 nitrogen and oxygen atoms in total. The van der Waals surface area contributed by atoms with E-state index in [0.29, 0.717) is 5.88 Å². The summed E-state index contributed by atoms with van der Waals surface area (Å²) in [6.45, 7) is 15.0. The van der Waals surface area contributed by atoms with E-state index >= 15 is 0 Å². The van der Waals surface area contributed by atoms with Crippen LogP contribution in [0.25, 0.3) is 11.1 Å². The van der Waals surface area contributed by atoms with Gasteiger partial charge in [0.1, 0.15) is 5.56 Å². The van der Waals surface area contributed by atoms with Gasteiger partial charge in [-0.25, -0.2) is 4.68 Å². The molecule has 0 aliphatic rings. The molecule has 0 aliphatic carbocycles. The van der Waals surface area contributed by atoms with Crippen molar-refractivity contribution in [2.24, 2.45) is 0 Å². The fourth-order valence-corrected chi connectivity index (χ4v) is 3.18. The molecule has 2 rings (SSSR count). The molecule has 0 saturated heterocycles. The van der Waals surface area contributed by atoms with Crippen LogP contribution >= 0.6 is 0 Å². The maximum atomic E-state index is 5.72. The number of nitrogens with zero attached hydrogens (tertiary/aromatic N) is 2. The molecule has 0 unspecified atom stereocenters.